The number of hydrogen-bond acceptors (Lipinski definition) is 0. The molecule has 0 amide bonds. The van der Waals surface area contributed by atoms with E-state index in [0.717, 1.165) is 13.0 Å². The second kappa shape index (κ2) is 7.10. The van der Waals surface area contributed by atoms with Crippen LogP contribution in [0.2, 0.25) is 0 Å². The van der Waals surface area contributed by atoms with Crippen molar-refractivity contribution < 1.29 is 25.6 Å². The number of nitrogens with zero attached hydrogens (tertiary/aromatic N) is 1. The largest absolute Gasteiger partial charge is 2.00 e. The van der Waals surface area contributed by atoms with Crippen molar-refractivity contribution in [1.82, 2.24) is 0 Å². The van der Waals surface area contributed by atoms with Gasteiger partial charge in [0, 0.05) is 13.1 Å². The Balaban J connectivity index is 0. The van der Waals surface area contributed by atoms with Crippen LogP contribution < -0.4 is 0 Å². The molecule has 44 valence electrons. The molecule has 0 saturated carbocycles. The molecule has 0 saturated heterocycles. The first kappa shape index (κ1) is 11.0. The fourth-order valence-corrected chi connectivity index (χ4v) is 0.333. The molecule has 2 heteroatoms. The Morgan fingerprint density at radius 3 is 2.25 bits per heavy atom. The van der Waals surface area contributed by atoms with Gasteiger partial charge in [0.1, 0.15) is 6.54 Å². The van der Waals surface area contributed by atoms with Gasteiger partial charge in [-0.2, -0.15) is 6.20 Å². The summed E-state index contributed by atoms with van der Waals surface area (Å²) >= 11 is 0. The third-order valence-electron chi connectivity index (χ3n) is 0.673. The Hall–Kier alpha value is 0.0983. The first-order valence-electron chi connectivity index (χ1n) is 2.37. The SMILES string of the molecule is [CH-]=C[N+](=[CH-])CCC.[W+2]. The summed E-state index contributed by atoms with van der Waals surface area (Å²) in [6, 6.07) is 0. The van der Waals surface area contributed by atoms with E-state index in [1.165, 1.54) is 10.8 Å². The summed E-state index contributed by atoms with van der Waals surface area (Å²) in [6.07, 6.45) is 2.40. The third-order valence-corrected chi connectivity index (χ3v) is 0.673. The third kappa shape index (κ3) is 6.10. The zero-order valence-electron chi connectivity index (χ0n) is 5.00. The molecule has 0 aromatic rings. The molecule has 0 atom stereocenters. The van der Waals surface area contributed by atoms with Gasteiger partial charge in [0.2, 0.25) is 0 Å². The maximum atomic E-state index is 5.24. The molecule has 0 aliphatic carbocycles. The molecule has 0 rings (SSSR count). The van der Waals surface area contributed by atoms with Gasteiger partial charge in [0.05, 0.1) is 0 Å². The Labute approximate surface area is 65.4 Å². The molecule has 8 heavy (non-hydrogen) atoms. The van der Waals surface area contributed by atoms with Crippen molar-refractivity contribution in [2.24, 2.45) is 0 Å². The summed E-state index contributed by atoms with van der Waals surface area (Å²) in [6.45, 7) is 13.1. The molecule has 0 spiro atoms. The van der Waals surface area contributed by atoms with Crippen LogP contribution in [0.3, 0.4) is 0 Å². The van der Waals surface area contributed by atoms with E-state index >= 15 is 0 Å². The summed E-state index contributed by atoms with van der Waals surface area (Å²) < 4.78 is 1.46. The molecule has 0 aliphatic rings. The standard InChI is InChI=1S/C6H10N.W/c1-4-6-7(3)5-2;/h2-3,5H,4,6H2,1H3;/q-1;+2. The minimum absolute atomic E-state index is 0. The Kier molecular flexibility index (Phi) is 9.74. The van der Waals surface area contributed by atoms with Gasteiger partial charge >= 0.3 is 21.1 Å². The van der Waals surface area contributed by atoms with Crippen LogP contribution in [0.25, 0.3) is 0 Å². The molecule has 0 aliphatic heterocycles. The zero-order valence-corrected chi connectivity index (χ0v) is 7.94. The number of rotatable bonds is 3. The molecule has 0 N–H and O–H groups in total. The van der Waals surface area contributed by atoms with Crippen molar-refractivity contribution in [3.63, 3.8) is 0 Å². The van der Waals surface area contributed by atoms with E-state index in [2.05, 4.69) is 0 Å². The monoisotopic (exact) mass is 280 g/mol. The van der Waals surface area contributed by atoms with Crippen LogP contribution in [0.1, 0.15) is 13.3 Å². The predicted octanol–water partition coefficient (Wildman–Crippen LogP) is 0.931. The van der Waals surface area contributed by atoms with E-state index in [9.17, 15) is 0 Å². The summed E-state index contributed by atoms with van der Waals surface area (Å²) in [5, 5.41) is 0. The van der Waals surface area contributed by atoms with E-state index < -0.39 is 0 Å². The quantitative estimate of drug-likeness (QED) is 0.411. The number of hydrogen-bond donors (Lipinski definition) is 0. The van der Waals surface area contributed by atoms with Crippen LogP contribution in [0.5, 0.6) is 0 Å². The molecule has 0 fully saturated rings. The van der Waals surface area contributed by atoms with Crippen LogP contribution in [0.4, 0.5) is 0 Å². The predicted molar refractivity (Wildman–Crippen MR) is 30.4 cm³/mol. The van der Waals surface area contributed by atoms with E-state index in [0.29, 0.717) is 0 Å². The molecule has 0 radical (unpaired) electrons. The second-order valence-corrected chi connectivity index (χ2v) is 1.39. The van der Waals surface area contributed by atoms with Gasteiger partial charge in [-0.3, -0.25) is 0 Å². The molecule has 0 aromatic heterocycles. The summed E-state index contributed by atoms with van der Waals surface area (Å²) in [4.78, 5) is 0. The topological polar surface area (TPSA) is 3.01 Å². The van der Waals surface area contributed by atoms with Crippen molar-refractivity contribution >= 4 is 6.72 Å². The molecule has 0 heterocycles. The van der Waals surface area contributed by atoms with Gasteiger partial charge in [-0.1, -0.05) is 6.92 Å². The first-order valence-corrected chi connectivity index (χ1v) is 2.37. The minimum Gasteiger partial charge on any atom is -0.554 e. The van der Waals surface area contributed by atoms with Crippen molar-refractivity contribution in [1.29, 1.82) is 0 Å². The molecule has 0 aromatic carbocycles. The average molecular weight is 280 g/mol. The van der Waals surface area contributed by atoms with Gasteiger partial charge in [-0.15, -0.1) is 0 Å². The zero-order chi connectivity index (χ0) is 5.70. The van der Waals surface area contributed by atoms with Gasteiger partial charge in [-0.25, -0.2) is 0 Å². The van der Waals surface area contributed by atoms with Crippen LogP contribution in [-0.2, 0) is 21.1 Å². The maximum Gasteiger partial charge on any atom is 2.00 e. The van der Waals surface area contributed by atoms with Crippen molar-refractivity contribution in [3.8, 4) is 0 Å². The summed E-state index contributed by atoms with van der Waals surface area (Å²) in [5.74, 6) is 0. The fraction of sp³-hybridized carbons (Fsp3) is 0.500. The Bertz CT molecular complexity index is 78.6. The van der Waals surface area contributed by atoms with Crippen LogP contribution in [-0.4, -0.2) is 17.8 Å². The maximum absolute atomic E-state index is 5.24. The van der Waals surface area contributed by atoms with Gasteiger partial charge < -0.3 is 11.2 Å². The van der Waals surface area contributed by atoms with E-state index in [1.54, 1.807) is 0 Å². The normalized spacial score (nSPS) is 7.12. The van der Waals surface area contributed by atoms with Crippen molar-refractivity contribution in [3.05, 3.63) is 12.8 Å². The van der Waals surface area contributed by atoms with Crippen LogP contribution >= 0.6 is 0 Å². The average Bonchev–Trinajstić information content (AvgIpc) is 1.68. The van der Waals surface area contributed by atoms with E-state index in [1.807, 2.05) is 6.92 Å². The summed E-state index contributed by atoms with van der Waals surface area (Å²) in [5.41, 5.74) is 0. The van der Waals surface area contributed by atoms with Gasteiger partial charge in [0.25, 0.3) is 0 Å². The van der Waals surface area contributed by atoms with E-state index in [-0.39, 0.29) is 21.1 Å². The second-order valence-electron chi connectivity index (χ2n) is 1.39. The molecular formula is C6H10NW+. The van der Waals surface area contributed by atoms with Crippen LogP contribution in [0.15, 0.2) is 6.20 Å². The minimum atomic E-state index is 0. The van der Waals surface area contributed by atoms with Gasteiger partial charge in [-0.05, 0) is 0 Å². The van der Waals surface area contributed by atoms with Crippen molar-refractivity contribution in [2.75, 3.05) is 6.54 Å². The molecule has 0 bridgehead atoms. The molecule has 0 unspecified atom stereocenters. The van der Waals surface area contributed by atoms with Crippen molar-refractivity contribution in [2.45, 2.75) is 13.3 Å². The molecular weight excluding hydrogens is 270 g/mol. The van der Waals surface area contributed by atoms with Gasteiger partial charge in [0.15, 0.2) is 0 Å². The smallest absolute Gasteiger partial charge is 0.554 e. The van der Waals surface area contributed by atoms with Crippen LogP contribution in [0, 0.1) is 6.58 Å². The Morgan fingerprint density at radius 2 is 2.12 bits per heavy atom. The first-order chi connectivity index (χ1) is 3.31. The van der Waals surface area contributed by atoms with E-state index in [4.69, 9.17) is 13.3 Å². The Morgan fingerprint density at radius 1 is 1.62 bits per heavy atom. The fourth-order valence-electron chi connectivity index (χ4n) is 0.333. The summed E-state index contributed by atoms with van der Waals surface area (Å²) in [7, 11) is 0. The molecule has 1 nitrogen and oxygen atoms in total.